The summed E-state index contributed by atoms with van der Waals surface area (Å²) in [6.07, 6.45) is 3.09. The van der Waals surface area contributed by atoms with Crippen molar-refractivity contribution in [2.24, 2.45) is 27.2 Å². The van der Waals surface area contributed by atoms with Crippen LogP contribution in [0.4, 0.5) is 0 Å². The normalized spacial score (nSPS) is 11.2. The predicted molar refractivity (Wildman–Crippen MR) is 71.7 cm³/mol. The van der Waals surface area contributed by atoms with Crippen molar-refractivity contribution in [3.63, 3.8) is 0 Å². The van der Waals surface area contributed by atoms with Gasteiger partial charge in [0.1, 0.15) is 0 Å². The Bertz CT molecular complexity index is 379. The number of aliphatic imine (C=N–C) groups is 2. The summed E-state index contributed by atoms with van der Waals surface area (Å²) in [6, 6.07) is 10.4. The molecule has 0 unspecified atom stereocenters. The minimum Gasteiger partial charge on any atom is -0.370 e. The minimum absolute atomic E-state index is 0.0597. The van der Waals surface area contributed by atoms with Crippen molar-refractivity contribution in [2.75, 3.05) is 6.54 Å². The molecule has 92 valence electrons. The Morgan fingerprint density at radius 2 is 1.71 bits per heavy atom. The van der Waals surface area contributed by atoms with Crippen LogP contribution < -0.4 is 17.2 Å². The molecular formula is C12H19N5. The largest absolute Gasteiger partial charge is 0.370 e. The Kier molecular flexibility index (Phi) is 5.57. The number of nitrogens with two attached hydrogens (primary N) is 3. The maximum Gasteiger partial charge on any atom is 0.218 e. The molecule has 0 atom stereocenters. The molecule has 0 aliphatic carbocycles. The molecule has 0 spiro atoms. The lowest BCUT2D eigenvalue weighted by Crippen LogP contribution is -2.26. The molecule has 0 radical (unpaired) electrons. The van der Waals surface area contributed by atoms with E-state index < -0.39 is 0 Å². The number of nitrogens with zero attached hydrogens (tertiary/aromatic N) is 2. The lowest BCUT2D eigenvalue weighted by Gasteiger charge is -1.99. The second-order valence-electron chi connectivity index (χ2n) is 3.72. The van der Waals surface area contributed by atoms with Crippen molar-refractivity contribution in [2.45, 2.75) is 19.3 Å². The molecule has 0 aromatic heterocycles. The van der Waals surface area contributed by atoms with Crippen LogP contribution in [0.15, 0.2) is 40.3 Å². The van der Waals surface area contributed by atoms with E-state index in [-0.39, 0.29) is 11.9 Å². The van der Waals surface area contributed by atoms with Gasteiger partial charge in [-0.15, -0.1) is 0 Å². The fourth-order valence-corrected chi connectivity index (χ4v) is 1.45. The Morgan fingerprint density at radius 3 is 2.35 bits per heavy atom. The standard InChI is InChI=1S/C12H19N5/c13-11(14)17-12(15)16-9-5-4-8-10-6-2-1-3-7-10/h1-3,6-7H,4-5,8-9H2,(H6,13,14,15,16,17). The van der Waals surface area contributed by atoms with Gasteiger partial charge in [0, 0.05) is 6.54 Å². The Balaban J connectivity index is 2.19. The molecule has 0 saturated heterocycles. The zero-order chi connectivity index (χ0) is 12.5. The van der Waals surface area contributed by atoms with Crippen LogP contribution in [0.3, 0.4) is 0 Å². The van der Waals surface area contributed by atoms with E-state index in [1.807, 2.05) is 18.2 Å². The fourth-order valence-electron chi connectivity index (χ4n) is 1.45. The van der Waals surface area contributed by atoms with E-state index in [0.29, 0.717) is 6.54 Å². The number of benzene rings is 1. The highest BCUT2D eigenvalue weighted by atomic mass is 15.1. The highest BCUT2D eigenvalue weighted by Crippen LogP contribution is 2.04. The summed E-state index contributed by atoms with van der Waals surface area (Å²) in [5.41, 5.74) is 17.1. The van der Waals surface area contributed by atoms with E-state index in [1.54, 1.807) is 0 Å². The van der Waals surface area contributed by atoms with Gasteiger partial charge in [-0.25, -0.2) is 0 Å². The number of hydrogen-bond donors (Lipinski definition) is 3. The zero-order valence-corrected chi connectivity index (χ0v) is 9.84. The highest BCUT2D eigenvalue weighted by molar-refractivity contribution is 5.92. The summed E-state index contributed by atoms with van der Waals surface area (Å²) in [4.78, 5) is 7.68. The van der Waals surface area contributed by atoms with Gasteiger partial charge < -0.3 is 17.2 Å². The average Bonchev–Trinajstić information content (AvgIpc) is 2.29. The van der Waals surface area contributed by atoms with E-state index in [1.165, 1.54) is 5.56 Å². The molecule has 1 aromatic carbocycles. The molecule has 0 fully saturated rings. The smallest absolute Gasteiger partial charge is 0.218 e. The number of guanidine groups is 2. The van der Waals surface area contributed by atoms with Crippen molar-refractivity contribution in [3.8, 4) is 0 Å². The molecule has 1 rings (SSSR count). The van der Waals surface area contributed by atoms with Crippen molar-refractivity contribution in [3.05, 3.63) is 35.9 Å². The molecule has 0 bridgehead atoms. The molecule has 0 heterocycles. The fraction of sp³-hybridized carbons (Fsp3) is 0.333. The van der Waals surface area contributed by atoms with Crippen LogP contribution in [0.25, 0.3) is 0 Å². The molecule has 5 nitrogen and oxygen atoms in total. The van der Waals surface area contributed by atoms with E-state index in [9.17, 15) is 0 Å². The van der Waals surface area contributed by atoms with Crippen molar-refractivity contribution >= 4 is 11.9 Å². The monoisotopic (exact) mass is 233 g/mol. The molecule has 0 amide bonds. The molecule has 5 heteroatoms. The van der Waals surface area contributed by atoms with E-state index >= 15 is 0 Å². The van der Waals surface area contributed by atoms with Crippen molar-refractivity contribution in [1.29, 1.82) is 0 Å². The summed E-state index contributed by atoms with van der Waals surface area (Å²) in [7, 11) is 0. The SMILES string of the molecule is NC(N)=NC(N)=NCCCCc1ccccc1. The quantitative estimate of drug-likeness (QED) is 0.394. The molecule has 0 saturated carbocycles. The second-order valence-corrected chi connectivity index (χ2v) is 3.72. The first kappa shape index (κ1) is 13.0. The lowest BCUT2D eigenvalue weighted by molar-refractivity contribution is 0.744. The van der Waals surface area contributed by atoms with Gasteiger partial charge in [0.2, 0.25) is 5.96 Å². The van der Waals surface area contributed by atoms with Crippen LogP contribution >= 0.6 is 0 Å². The van der Waals surface area contributed by atoms with Gasteiger partial charge in [-0.1, -0.05) is 30.3 Å². The van der Waals surface area contributed by atoms with E-state index in [2.05, 4.69) is 22.1 Å². The van der Waals surface area contributed by atoms with Gasteiger partial charge >= 0.3 is 0 Å². The van der Waals surface area contributed by atoms with Crippen LogP contribution in [0.5, 0.6) is 0 Å². The first-order valence-electron chi connectivity index (χ1n) is 5.62. The molecular weight excluding hydrogens is 214 g/mol. The molecule has 0 aliphatic rings. The number of rotatable bonds is 5. The zero-order valence-electron chi connectivity index (χ0n) is 9.84. The van der Waals surface area contributed by atoms with Crippen LogP contribution in [0, 0.1) is 0 Å². The molecule has 1 aromatic rings. The van der Waals surface area contributed by atoms with Crippen LogP contribution in [0.1, 0.15) is 18.4 Å². The van der Waals surface area contributed by atoms with Gasteiger partial charge in [-0.3, -0.25) is 4.99 Å². The predicted octanol–water partition coefficient (Wildman–Crippen LogP) is 0.597. The van der Waals surface area contributed by atoms with Crippen LogP contribution in [-0.2, 0) is 6.42 Å². The van der Waals surface area contributed by atoms with Crippen molar-refractivity contribution < 1.29 is 0 Å². The average molecular weight is 233 g/mol. The summed E-state index contributed by atoms with van der Waals surface area (Å²) >= 11 is 0. The maximum absolute atomic E-state index is 5.47. The van der Waals surface area contributed by atoms with Crippen LogP contribution in [0.2, 0.25) is 0 Å². The highest BCUT2D eigenvalue weighted by Gasteiger charge is 1.93. The number of hydrogen-bond acceptors (Lipinski definition) is 1. The Labute approximate surface area is 101 Å². The minimum atomic E-state index is -0.0597. The topological polar surface area (TPSA) is 103 Å². The third-order valence-electron chi connectivity index (χ3n) is 2.23. The van der Waals surface area contributed by atoms with E-state index in [0.717, 1.165) is 19.3 Å². The van der Waals surface area contributed by atoms with Gasteiger partial charge in [0.05, 0.1) is 0 Å². The third-order valence-corrected chi connectivity index (χ3v) is 2.23. The summed E-state index contributed by atoms with van der Waals surface area (Å²) in [6.45, 7) is 0.648. The first-order chi connectivity index (χ1) is 8.18. The third kappa shape index (κ3) is 6.19. The number of aryl methyl sites for hydroxylation is 1. The van der Waals surface area contributed by atoms with Crippen molar-refractivity contribution in [1.82, 2.24) is 0 Å². The van der Waals surface area contributed by atoms with Gasteiger partial charge in [0.25, 0.3) is 0 Å². The van der Waals surface area contributed by atoms with E-state index in [4.69, 9.17) is 17.2 Å². The first-order valence-corrected chi connectivity index (χ1v) is 5.62. The summed E-state index contributed by atoms with van der Waals surface area (Å²) < 4.78 is 0. The van der Waals surface area contributed by atoms with Gasteiger partial charge in [-0.2, -0.15) is 4.99 Å². The van der Waals surface area contributed by atoms with Crippen LogP contribution in [-0.4, -0.2) is 18.5 Å². The van der Waals surface area contributed by atoms with Gasteiger partial charge in [0.15, 0.2) is 5.96 Å². The van der Waals surface area contributed by atoms with Gasteiger partial charge in [-0.05, 0) is 24.8 Å². The summed E-state index contributed by atoms with van der Waals surface area (Å²) in [5.74, 6) is 0.0836. The molecule has 0 aliphatic heterocycles. The number of unbranched alkanes of at least 4 members (excludes halogenated alkanes) is 1. The Hall–Kier alpha value is -2.04. The summed E-state index contributed by atoms with van der Waals surface area (Å²) in [5, 5.41) is 0. The Morgan fingerprint density at radius 1 is 1.00 bits per heavy atom. The lowest BCUT2D eigenvalue weighted by atomic mass is 10.1. The second kappa shape index (κ2) is 7.27. The maximum atomic E-state index is 5.47. The molecule has 17 heavy (non-hydrogen) atoms. The molecule has 6 N–H and O–H groups in total.